The average Bonchev–Trinajstić information content (AvgIpc) is 2.63. The summed E-state index contributed by atoms with van der Waals surface area (Å²) in [7, 11) is 0. The molecule has 0 aliphatic rings. The minimum absolute atomic E-state index is 0.0187. The summed E-state index contributed by atoms with van der Waals surface area (Å²) in [6, 6.07) is 12.3. The SMILES string of the molecule is CCCOc1ccccc1CCCNC(=O)c1ccc([N+](=O)[O-])c(C)c1. The molecule has 0 aromatic heterocycles. The smallest absolute Gasteiger partial charge is 0.272 e. The largest absolute Gasteiger partial charge is 0.493 e. The van der Waals surface area contributed by atoms with Crippen LogP contribution in [0.4, 0.5) is 5.69 Å². The summed E-state index contributed by atoms with van der Waals surface area (Å²) >= 11 is 0. The predicted octanol–water partition coefficient (Wildman–Crippen LogP) is 4.05. The van der Waals surface area contributed by atoms with E-state index in [0.717, 1.165) is 30.6 Å². The number of rotatable bonds is 9. The van der Waals surface area contributed by atoms with Crippen LogP contribution in [0.3, 0.4) is 0 Å². The van der Waals surface area contributed by atoms with Crippen LogP contribution in [0.5, 0.6) is 5.75 Å². The molecular formula is C20H24N2O4. The van der Waals surface area contributed by atoms with Crippen LogP contribution in [0.15, 0.2) is 42.5 Å². The molecule has 0 aliphatic heterocycles. The van der Waals surface area contributed by atoms with Crippen molar-refractivity contribution in [2.45, 2.75) is 33.1 Å². The maximum Gasteiger partial charge on any atom is 0.272 e. The van der Waals surface area contributed by atoms with E-state index >= 15 is 0 Å². The fraction of sp³-hybridized carbons (Fsp3) is 0.350. The van der Waals surface area contributed by atoms with E-state index in [0.29, 0.717) is 24.3 Å². The van der Waals surface area contributed by atoms with Gasteiger partial charge in [-0.1, -0.05) is 25.1 Å². The molecule has 0 saturated heterocycles. The summed E-state index contributed by atoms with van der Waals surface area (Å²) in [6.45, 7) is 4.91. The van der Waals surface area contributed by atoms with Crippen molar-refractivity contribution in [2.75, 3.05) is 13.2 Å². The van der Waals surface area contributed by atoms with E-state index in [9.17, 15) is 14.9 Å². The van der Waals surface area contributed by atoms with Crippen LogP contribution in [0.2, 0.25) is 0 Å². The third-order valence-electron chi connectivity index (χ3n) is 4.00. The van der Waals surface area contributed by atoms with Gasteiger partial charge in [-0.3, -0.25) is 14.9 Å². The van der Waals surface area contributed by atoms with Crippen molar-refractivity contribution in [2.24, 2.45) is 0 Å². The Kier molecular flexibility index (Phi) is 7.14. The predicted molar refractivity (Wildman–Crippen MR) is 101 cm³/mol. The van der Waals surface area contributed by atoms with Crippen molar-refractivity contribution in [1.82, 2.24) is 5.32 Å². The summed E-state index contributed by atoms with van der Waals surface area (Å²) in [4.78, 5) is 22.6. The Bertz CT molecular complexity index is 774. The molecule has 0 atom stereocenters. The molecule has 0 fully saturated rings. The first-order chi connectivity index (χ1) is 12.5. The van der Waals surface area contributed by atoms with E-state index < -0.39 is 4.92 Å². The number of para-hydroxylation sites is 1. The standard InChI is InChI=1S/C20H24N2O4/c1-3-13-26-19-9-5-4-7-16(19)8-6-12-21-20(23)17-10-11-18(22(24)25)15(2)14-17/h4-5,7,9-11,14H,3,6,8,12-13H2,1-2H3,(H,21,23). The van der Waals surface area contributed by atoms with Gasteiger partial charge < -0.3 is 10.1 Å². The molecule has 0 saturated carbocycles. The molecule has 6 heteroatoms. The number of nitrogens with zero attached hydrogens (tertiary/aromatic N) is 1. The van der Waals surface area contributed by atoms with Crippen LogP contribution in [0.1, 0.15) is 41.3 Å². The van der Waals surface area contributed by atoms with E-state index in [4.69, 9.17) is 4.74 Å². The lowest BCUT2D eigenvalue weighted by molar-refractivity contribution is -0.385. The number of hydrogen-bond donors (Lipinski definition) is 1. The monoisotopic (exact) mass is 356 g/mol. The first-order valence-corrected chi connectivity index (χ1v) is 8.77. The number of benzene rings is 2. The van der Waals surface area contributed by atoms with Crippen LogP contribution < -0.4 is 10.1 Å². The Morgan fingerprint density at radius 2 is 2.00 bits per heavy atom. The number of nitrogens with one attached hydrogen (secondary N) is 1. The van der Waals surface area contributed by atoms with Crippen LogP contribution in [-0.2, 0) is 6.42 Å². The highest BCUT2D eigenvalue weighted by Crippen LogP contribution is 2.20. The first-order valence-electron chi connectivity index (χ1n) is 8.77. The molecule has 1 N–H and O–H groups in total. The number of amides is 1. The lowest BCUT2D eigenvalue weighted by Gasteiger charge is -2.11. The zero-order valence-corrected chi connectivity index (χ0v) is 15.2. The summed E-state index contributed by atoms with van der Waals surface area (Å²) in [5.41, 5.74) is 2.05. The van der Waals surface area contributed by atoms with Gasteiger partial charge in [-0.25, -0.2) is 0 Å². The van der Waals surface area contributed by atoms with Gasteiger partial charge in [0, 0.05) is 23.7 Å². The van der Waals surface area contributed by atoms with E-state index in [1.807, 2.05) is 24.3 Å². The Balaban J connectivity index is 1.86. The van der Waals surface area contributed by atoms with Crippen molar-refractivity contribution in [3.05, 3.63) is 69.3 Å². The number of carbonyl (C=O) groups excluding carboxylic acids is 1. The second-order valence-electron chi connectivity index (χ2n) is 6.07. The molecule has 0 radical (unpaired) electrons. The molecule has 138 valence electrons. The van der Waals surface area contributed by atoms with Gasteiger partial charge in [-0.2, -0.15) is 0 Å². The van der Waals surface area contributed by atoms with E-state index in [1.54, 1.807) is 13.0 Å². The molecule has 0 bridgehead atoms. The molecule has 26 heavy (non-hydrogen) atoms. The van der Waals surface area contributed by atoms with Gasteiger partial charge in [-0.05, 0) is 49.9 Å². The van der Waals surface area contributed by atoms with E-state index in [2.05, 4.69) is 12.2 Å². The minimum Gasteiger partial charge on any atom is -0.493 e. The highest BCUT2D eigenvalue weighted by molar-refractivity contribution is 5.94. The van der Waals surface area contributed by atoms with Gasteiger partial charge >= 0.3 is 0 Å². The van der Waals surface area contributed by atoms with Gasteiger partial charge in [0.25, 0.3) is 11.6 Å². The second kappa shape index (κ2) is 9.56. The molecule has 2 aromatic rings. The Morgan fingerprint density at radius 3 is 2.69 bits per heavy atom. The molecule has 0 unspecified atom stereocenters. The maximum atomic E-state index is 12.2. The zero-order valence-electron chi connectivity index (χ0n) is 15.2. The quantitative estimate of drug-likeness (QED) is 0.417. The number of carbonyl (C=O) groups is 1. The third kappa shape index (κ3) is 5.31. The number of ether oxygens (including phenoxy) is 1. The van der Waals surface area contributed by atoms with Gasteiger partial charge in [0.2, 0.25) is 0 Å². The zero-order chi connectivity index (χ0) is 18.9. The summed E-state index contributed by atoms with van der Waals surface area (Å²) in [5.74, 6) is 0.671. The van der Waals surface area contributed by atoms with Crippen molar-refractivity contribution in [1.29, 1.82) is 0 Å². The van der Waals surface area contributed by atoms with Crippen LogP contribution in [0.25, 0.3) is 0 Å². The molecule has 0 spiro atoms. The number of aryl methyl sites for hydroxylation is 2. The van der Waals surface area contributed by atoms with Gasteiger partial charge in [0.1, 0.15) is 5.75 Å². The minimum atomic E-state index is -0.449. The normalized spacial score (nSPS) is 10.4. The van der Waals surface area contributed by atoms with E-state index in [-0.39, 0.29) is 11.6 Å². The van der Waals surface area contributed by atoms with Crippen molar-refractivity contribution in [3.8, 4) is 5.75 Å². The molecule has 1 amide bonds. The lowest BCUT2D eigenvalue weighted by Crippen LogP contribution is -2.24. The molecule has 0 heterocycles. The average molecular weight is 356 g/mol. The van der Waals surface area contributed by atoms with Crippen LogP contribution in [-0.4, -0.2) is 24.0 Å². The molecule has 6 nitrogen and oxygen atoms in total. The summed E-state index contributed by atoms with van der Waals surface area (Å²) in [6.07, 6.45) is 2.54. The fourth-order valence-electron chi connectivity index (χ4n) is 2.65. The van der Waals surface area contributed by atoms with Crippen molar-refractivity contribution >= 4 is 11.6 Å². The molecule has 0 aliphatic carbocycles. The number of nitro benzene ring substituents is 1. The number of nitro groups is 1. The second-order valence-corrected chi connectivity index (χ2v) is 6.07. The molecule has 2 rings (SSSR count). The van der Waals surface area contributed by atoms with E-state index in [1.165, 1.54) is 12.1 Å². The maximum absolute atomic E-state index is 12.2. The van der Waals surface area contributed by atoms with Crippen LogP contribution in [0, 0.1) is 17.0 Å². The van der Waals surface area contributed by atoms with Gasteiger partial charge in [0.05, 0.1) is 11.5 Å². The van der Waals surface area contributed by atoms with Crippen molar-refractivity contribution in [3.63, 3.8) is 0 Å². The Morgan fingerprint density at radius 1 is 1.23 bits per heavy atom. The highest BCUT2D eigenvalue weighted by Gasteiger charge is 2.13. The summed E-state index contributed by atoms with van der Waals surface area (Å²) in [5, 5.41) is 13.7. The van der Waals surface area contributed by atoms with Crippen LogP contribution >= 0.6 is 0 Å². The third-order valence-corrected chi connectivity index (χ3v) is 4.00. The Labute approximate surface area is 153 Å². The lowest BCUT2D eigenvalue weighted by atomic mass is 10.1. The summed E-state index contributed by atoms with van der Waals surface area (Å²) < 4.78 is 5.74. The molecule has 2 aromatic carbocycles. The topological polar surface area (TPSA) is 81.5 Å². The molecular weight excluding hydrogens is 332 g/mol. The first kappa shape index (κ1) is 19.4. The van der Waals surface area contributed by atoms with Gasteiger partial charge in [0.15, 0.2) is 0 Å². The highest BCUT2D eigenvalue weighted by atomic mass is 16.6. The van der Waals surface area contributed by atoms with Crippen molar-refractivity contribution < 1.29 is 14.5 Å². The number of hydrogen-bond acceptors (Lipinski definition) is 4. The fourth-order valence-corrected chi connectivity index (χ4v) is 2.65. The van der Waals surface area contributed by atoms with Gasteiger partial charge in [-0.15, -0.1) is 0 Å². The Hall–Kier alpha value is -2.89.